The lowest BCUT2D eigenvalue weighted by atomic mass is 10.2. The maximum atomic E-state index is 5.03. The first-order valence-electron chi connectivity index (χ1n) is 3.34. The van der Waals surface area contributed by atoms with Crippen LogP contribution in [-0.4, -0.2) is 13.3 Å². The predicted molar refractivity (Wildman–Crippen MR) is 52.5 cm³/mol. The Kier molecular flexibility index (Phi) is 3.10. The lowest BCUT2D eigenvalue weighted by Gasteiger charge is -2.01. The molecule has 1 aromatic carbocycles. The molecule has 0 radical (unpaired) electrons. The summed E-state index contributed by atoms with van der Waals surface area (Å²) < 4.78 is 5.97. The van der Waals surface area contributed by atoms with Crippen molar-refractivity contribution in [3.05, 3.63) is 28.2 Å². The molecule has 1 rings (SSSR count). The smallest absolute Gasteiger partial charge is 0.119 e. The Bertz CT molecular complexity index is 299. The molecule has 0 heterocycles. The summed E-state index contributed by atoms with van der Waals surface area (Å²) in [7, 11) is 1.62. The summed E-state index contributed by atoms with van der Waals surface area (Å²) in [5.74, 6) is 5.81. The van der Waals surface area contributed by atoms with Gasteiger partial charge in [-0.1, -0.05) is 15.9 Å². The van der Waals surface area contributed by atoms with Crippen molar-refractivity contribution < 1.29 is 4.74 Å². The molecule has 2 N–H and O–H groups in total. The summed E-state index contributed by atoms with van der Waals surface area (Å²) in [6.45, 7) is 0. The van der Waals surface area contributed by atoms with Gasteiger partial charge in [0.1, 0.15) is 5.75 Å². The molecule has 0 saturated heterocycles. The molecule has 0 fully saturated rings. The number of benzene rings is 1. The van der Waals surface area contributed by atoms with Gasteiger partial charge in [-0.25, -0.2) is 0 Å². The first-order chi connectivity index (χ1) is 5.77. The highest BCUT2D eigenvalue weighted by Gasteiger charge is 1.98. The molecule has 0 aliphatic rings. The molecule has 0 bridgehead atoms. The minimum Gasteiger partial charge on any atom is -0.497 e. The van der Waals surface area contributed by atoms with E-state index in [2.05, 4.69) is 21.0 Å². The SMILES string of the molecule is COc1ccc(Br)c(C=NN)c1. The summed E-state index contributed by atoms with van der Waals surface area (Å²) in [5.41, 5.74) is 0.900. The van der Waals surface area contributed by atoms with Crippen molar-refractivity contribution in [2.45, 2.75) is 0 Å². The van der Waals surface area contributed by atoms with Crippen LogP contribution in [0, 0.1) is 0 Å². The predicted octanol–water partition coefficient (Wildman–Crippen LogP) is 1.75. The Morgan fingerprint density at radius 3 is 2.92 bits per heavy atom. The van der Waals surface area contributed by atoms with Gasteiger partial charge in [0.05, 0.1) is 13.3 Å². The fourth-order valence-corrected chi connectivity index (χ4v) is 1.18. The fraction of sp³-hybridized carbons (Fsp3) is 0.125. The zero-order valence-electron chi connectivity index (χ0n) is 6.62. The molecule has 12 heavy (non-hydrogen) atoms. The van der Waals surface area contributed by atoms with E-state index in [4.69, 9.17) is 10.6 Å². The number of halogens is 1. The lowest BCUT2D eigenvalue weighted by molar-refractivity contribution is 0.414. The van der Waals surface area contributed by atoms with Crippen LogP contribution in [0.25, 0.3) is 0 Å². The maximum Gasteiger partial charge on any atom is 0.119 e. The van der Waals surface area contributed by atoms with Crippen molar-refractivity contribution in [2.75, 3.05) is 7.11 Å². The van der Waals surface area contributed by atoms with Gasteiger partial charge in [-0.05, 0) is 18.2 Å². The quantitative estimate of drug-likeness (QED) is 0.477. The first-order valence-corrected chi connectivity index (χ1v) is 4.14. The Morgan fingerprint density at radius 2 is 2.33 bits per heavy atom. The van der Waals surface area contributed by atoms with Crippen LogP contribution in [0.15, 0.2) is 27.8 Å². The number of hydrogen-bond acceptors (Lipinski definition) is 3. The lowest BCUT2D eigenvalue weighted by Crippen LogP contribution is -1.90. The summed E-state index contributed by atoms with van der Waals surface area (Å²) in [5, 5.41) is 3.43. The molecule has 0 amide bonds. The van der Waals surface area contributed by atoms with Crippen molar-refractivity contribution in [3.63, 3.8) is 0 Å². The molecule has 0 aromatic heterocycles. The molecular formula is C8H9BrN2O. The Balaban J connectivity index is 3.08. The van der Waals surface area contributed by atoms with E-state index in [0.29, 0.717) is 0 Å². The number of nitrogens with zero attached hydrogens (tertiary/aromatic N) is 1. The number of hydrazone groups is 1. The second-order valence-electron chi connectivity index (χ2n) is 2.17. The third-order valence-electron chi connectivity index (χ3n) is 1.42. The van der Waals surface area contributed by atoms with Crippen molar-refractivity contribution in [1.82, 2.24) is 0 Å². The van der Waals surface area contributed by atoms with Crippen molar-refractivity contribution in [2.24, 2.45) is 10.9 Å². The highest BCUT2D eigenvalue weighted by atomic mass is 79.9. The van der Waals surface area contributed by atoms with Gasteiger partial charge in [-0.15, -0.1) is 0 Å². The Labute approximate surface area is 79.3 Å². The van der Waals surface area contributed by atoms with Crippen LogP contribution >= 0.6 is 15.9 Å². The number of hydrogen-bond donors (Lipinski definition) is 1. The molecule has 0 unspecified atom stereocenters. The third-order valence-corrected chi connectivity index (χ3v) is 2.14. The number of nitrogens with two attached hydrogens (primary N) is 1. The van der Waals surface area contributed by atoms with Gasteiger partial charge >= 0.3 is 0 Å². The van der Waals surface area contributed by atoms with E-state index in [9.17, 15) is 0 Å². The van der Waals surface area contributed by atoms with Crippen LogP contribution < -0.4 is 10.6 Å². The van der Waals surface area contributed by atoms with Crippen molar-refractivity contribution >= 4 is 22.1 Å². The Hall–Kier alpha value is -1.03. The second-order valence-corrected chi connectivity index (χ2v) is 3.02. The minimum atomic E-state index is 0.785. The Morgan fingerprint density at radius 1 is 1.58 bits per heavy atom. The van der Waals surface area contributed by atoms with Crippen LogP contribution in [0.1, 0.15) is 5.56 Å². The van der Waals surface area contributed by atoms with Gasteiger partial charge in [-0.2, -0.15) is 5.10 Å². The molecule has 1 aromatic rings. The number of methoxy groups -OCH3 is 1. The molecule has 0 saturated carbocycles. The zero-order valence-corrected chi connectivity index (χ0v) is 8.21. The van der Waals surface area contributed by atoms with E-state index in [0.717, 1.165) is 15.8 Å². The minimum absolute atomic E-state index is 0.785. The van der Waals surface area contributed by atoms with Gasteiger partial charge in [0.15, 0.2) is 0 Å². The van der Waals surface area contributed by atoms with Gasteiger partial charge < -0.3 is 10.6 Å². The molecule has 0 aliphatic heterocycles. The van der Waals surface area contributed by atoms with Crippen LogP contribution in [0.5, 0.6) is 5.75 Å². The van der Waals surface area contributed by atoms with Crippen molar-refractivity contribution in [1.29, 1.82) is 0 Å². The van der Waals surface area contributed by atoms with E-state index in [1.54, 1.807) is 13.3 Å². The number of ether oxygens (including phenoxy) is 1. The van der Waals surface area contributed by atoms with Crippen LogP contribution in [0.4, 0.5) is 0 Å². The molecule has 64 valence electrons. The summed E-state index contributed by atoms with van der Waals surface area (Å²) >= 11 is 3.36. The zero-order chi connectivity index (χ0) is 8.97. The standard InChI is InChI=1S/C8H9BrN2O/c1-12-7-2-3-8(9)6(4-7)5-11-10/h2-5H,10H2,1H3. The summed E-state index contributed by atoms with van der Waals surface area (Å²) in [6, 6.07) is 5.59. The molecule has 0 spiro atoms. The van der Waals surface area contributed by atoms with E-state index < -0.39 is 0 Å². The van der Waals surface area contributed by atoms with Gasteiger partial charge in [0.2, 0.25) is 0 Å². The summed E-state index contributed by atoms with van der Waals surface area (Å²) in [4.78, 5) is 0. The molecular weight excluding hydrogens is 220 g/mol. The first kappa shape index (κ1) is 9.06. The molecule has 0 atom stereocenters. The highest BCUT2D eigenvalue weighted by Crippen LogP contribution is 2.20. The number of rotatable bonds is 2. The molecule has 3 nitrogen and oxygen atoms in total. The van der Waals surface area contributed by atoms with Gasteiger partial charge in [0, 0.05) is 10.0 Å². The van der Waals surface area contributed by atoms with E-state index >= 15 is 0 Å². The van der Waals surface area contributed by atoms with Crippen LogP contribution in [0.2, 0.25) is 0 Å². The van der Waals surface area contributed by atoms with Crippen LogP contribution in [0.3, 0.4) is 0 Å². The second kappa shape index (κ2) is 4.11. The van der Waals surface area contributed by atoms with Gasteiger partial charge in [0.25, 0.3) is 0 Å². The summed E-state index contributed by atoms with van der Waals surface area (Å²) in [6.07, 6.45) is 1.56. The normalized spacial score (nSPS) is 10.5. The highest BCUT2D eigenvalue weighted by molar-refractivity contribution is 9.10. The van der Waals surface area contributed by atoms with E-state index in [1.165, 1.54) is 0 Å². The molecule has 0 aliphatic carbocycles. The fourth-order valence-electron chi connectivity index (χ4n) is 0.828. The maximum absolute atomic E-state index is 5.03. The van der Waals surface area contributed by atoms with E-state index in [-0.39, 0.29) is 0 Å². The third kappa shape index (κ3) is 1.98. The monoisotopic (exact) mass is 228 g/mol. The van der Waals surface area contributed by atoms with Crippen LogP contribution in [-0.2, 0) is 0 Å². The molecule has 4 heteroatoms. The van der Waals surface area contributed by atoms with Crippen molar-refractivity contribution in [3.8, 4) is 5.75 Å². The van der Waals surface area contributed by atoms with Gasteiger partial charge in [-0.3, -0.25) is 0 Å². The topological polar surface area (TPSA) is 47.6 Å². The average molecular weight is 229 g/mol. The largest absolute Gasteiger partial charge is 0.497 e. The average Bonchev–Trinajstić information content (AvgIpc) is 2.09. The van der Waals surface area contributed by atoms with E-state index in [1.807, 2.05) is 18.2 Å².